The SMILES string of the molecule is CCN1CCC(CNC(=O)c2nn(CC3CC3)c3c2CN(Cc2ccc4c(c2)OCO4)CC3)C1. The predicted octanol–water partition coefficient (Wildman–Crippen LogP) is 2.65. The van der Waals surface area contributed by atoms with Gasteiger partial charge in [0, 0.05) is 56.9 Å². The van der Waals surface area contributed by atoms with Crippen LogP contribution in [-0.4, -0.2) is 65.0 Å². The van der Waals surface area contributed by atoms with Crippen LogP contribution in [0.25, 0.3) is 0 Å². The Hall–Kier alpha value is -2.58. The minimum absolute atomic E-state index is 0.00863. The molecule has 3 aliphatic heterocycles. The standard InChI is InChI=1S/C26H35N5O3/c1-2-29-9-7-20(14-29)12-27-26(32)25-21-16-30(10-8-22(21)31(28-25)15-18-3-4-18)13-19-5-6-23-24(11-19)34-17-33-23/h5-6,11,18,20H,2-4,7-10,12-17H2,1H3,(H,27,32). The Kier molecular flexibility index (Phi) is 5.95. The van der Waals surface area contributed by atoms with Crippen LogP contribution in [0.15, 0.2) is 18.2 Å². The van der Waals surface area contributed by atoms with Crippen molar-refractivity contribution in [3.8, 4) is 11.5 Å². The fraction of sp³-hybridized carbons (Fsp3) is 0.615. The van der Waals surface area contributed by atoms with Crippen molar-refractivity contribution in [2.45, 2.75) is 52.2 Å². The summed E-state index contributed by atoms with van der Waals surface area (Å²) in [6, 6.07) is 6.17. The molecule has 1 amide bonds. The van der Waals surface area contributed by atoms with Gasteiger partial charge in [0.2, 0.25) is 6.79 Å². The van der Waals surface area contributed by atoms with Crippen LogP contribution in [0.2, 0.25) is 0 Å². The number of nitrogens with zero attached hydrogens (tertiary/aromatic N) is 4. The van der Waals surface area contributed by atoms with Gasteiger partial charge in [-0.15, -0.1) is 0 Å². The first-order valence-corrected chi connectivity index (χ1v) is 12.9. The lowest BCUT2D eigenvalue weighted by Crippen LogP contribution is -2.34. The van der Waals surface area contributed by atoms with Crippen molar-refractivity contribution >= 4 is 5.91 Å². The third-order valence-electron chi connectivity index (χ3n) is 7.77. The molecule has 1 unspecified atom stereocenters. The van der Waals surface area contributed by atoms with Crippen LogP contribution in [0.4, 0.5) is 0 Å². The summed E-state index contributed by atoms with van der Waals surface area (Å²) in [6.07, 6.45) is 4.65. The lowest BCUT2D eigenvalue weighted by atomic mass is 10.0. The summed E-state index contributed by atoms with van der Waals surface area (Å²) in [5.74, 6) is 2.89. The van der Waals surface area contributed by atoms with Crippen LogP contribution in [0.1, 0.15) is 53.5 Å². The van der Waals surface area contributed by atoms with E-state index in [1.54, 1.807) is 0 Å². The molecule has 182 valence electrons. The van der Waals surface area contributed by atoms with Gasteiger partial charge in [0.1, 0.15) is 0 Å². The summed E-state index contributed by atoms with van der Waals surface area (Å²) < 4.78 is 13.2. The van der Waals surface area contributed by atoms with Crippen molar-refractivity contribution in [1.82, 2.24) is 24.9 Å². The molecule has 34 heavy (non-hydrogen) atoms. The van der Waals surface area contributed by atoms with E-state index < -0.39 is 0 Å². The van der Waals surface area contributed by atoms with Gasteiger partial charge in [0.05, 0.1) is 0 Å². The van der Waals surface area contributed by atoms with Crippen molar-refractivity contribution in [2.75, 3.05) is 39.5 Å². The maximum Gasteiger partial charge on any atom is 0.272 e. The molecule has 0 spiro atoms. The van der Waals surface area contributed by atoms with Crippen molar-refractivity contribution in [1.29, 1.82) is 0 Å². The van der Waals surface area contributed by atoms with Crippen LogP contribution in [0, 0.1) is 11.8 Å². The monoisotopic (exact) mass is 465 g/mol. The Balaban J connectivity index is 1.17. The fourth-order valence-corrected chi connectivity index (χ4v) is 5.55. The molecular weight excluding hydrogens is 430 g/mol. The van der Waals surface area contributed by atoms with Gasteiger partial charge in [-0.2, -0.15) is 5.10 Å². The van der Waals surface area contributed by atoms with Crippen LogP contribution in [-0.2, 0) is 26.1 Å². The summed E-state index contributed by atoms with van der Waals surface area (Å²) in [6.45, 7) is 10.0. The first kappa shape index (κ1) is 21.9. The lowest BCUT2D eigenvalue weighted by molar-refractivity contribution is 0.0939. The largest absolute Gasteiger partial charge is 0.454 e. The molecule has 1 aromatic heterocycles. The molecule has 4 heterocycles. The second kappa shape index (κ2) is 9.23. The molecular formula is C26H35N5O3. The highest BCUT2D eigenvalue weighted by molar-refractivity contribution is 5.94. The normalized spacial score (nSPS) is 22.2. The van der Waals surface area contributed by atoms with E-state index >= 15 is 0 Å². The van der Waals surface area contributed by atoms with Crippen molar-refractivity contribution in [3.05, 3.63) is 40.7 Å². The first-order valence-electron chi connectivity index (χ1n) is 12.9. The molecule has 0 radical (unpaired) electrons. The van der Waals surface area contributed by atoms with Gasteiger partial charge in [-0.05, 0) is 61.9 Å². The second-order valence-corrected chi connectivity index (χ2v) is 10.3. The topological polar surface area (TPSA) is 71.9 Å². The molecule has 1 atom stereocenters. The molecule has 1 saturated carbocycles. The highest BCUT2D eigenvalue weighted by atomic mass is 16.7. The third-order valence-corrected chi connectivity index (χ3v) is 7.77. The number of amides is 1. The van der Waals surface area contributed by atoms with E-state index in [1.165, 1.54) is 24.1 Å². The third kappa shape index (κ3) is 4.53. The maximum atomic E-state index is 13.3. The van der Waals surface area contributed by atoms with Gasteiger partial charge in [-0.1, -0.05) is 13.0 Å². The van der Waals surface area contributed by atoms with E-state index in [2.05, 4.69) is 38.9 Å². The zero-order valence-electron chi connectivity index (χ0n) is 20.1. The highest BCUT2D eigenvalue weighted by Gasteiger charge is 2.31. The Morgan fingerprint density at radius 1 is 1.12 bits per heavy atom. The molecule has 1 N–H and O–H groups in total. The van der Waals surface area contributed by atoms with E-state index in [4.69, 9.17) is 14.6 Å². The van der Waals surface area contributed by atoms with E-state index in [1.807, 2.05) is 6.07 Å². The van der Waals surface area contributed by atoms with Crippen molar-refractivity contribution in [2.24, 2.45) is 11.8 Å². The molecule has 2 fully saturated rings. The number of fused-ring (bicyclic) bond motifs is 2. The van der Waals surface area contributed by atoms with Crippen LogP contribution >= 0.6 is 0 Å². The lowest BCUT2D eigenvalue weighted by Gasteiger charge is -2.28. The maximum absolute atomic E-state index is 13.3. The molecule has 1 aliphatic carbocycles. The summed E-state index contributed by atoms with van der Waals surface area (Å²) in [4.78, 5) is 18.2. The van der Waals surface area contributed by atoms with Gasteiger partial charge in [0.25, 0.3) is 5.91 Å². The Bertz CT molecular complexity index is 1060. The molecule has 2 aromatic rings. The highest BCUT2D eigenvalue weighted by Crippen LogP contribution is 2.35. The zero-order valence-corrected chi connectivity index (χ0v) is 20.1. The molecule has 6 rings (SSSR count). The van der Waals surface area contributed by atoms with Gasteiger partial charge in [-0.3, -0.25) is 14.4 Å². The van der Waals surface area contributed by atoms with E-state index in [9.17, 15) is 4.79 Å². The number of hydrogen-bond donors (Lipinski definition) is 1. The summed E-state index contributed by atoms with van der Waals surface area (Å²) >= 11 is 0. The quantitative estimate of drug-likeness (QED) is 0.646. The minimum atomic E-state index is -0.00863. The van der Waals surface area contributed by atoms with Gasteiger partial charge in [-0.25, -0.2) is 0 Å². The average molecular weight is 466 g/mol. The number of likely N-dealkylation sites (tertiary alicyclic amines) is 1. The Morgan fingerprint density at radius 2 is 2.00 bits per heavy atom. The number of hydrogen-bond acceptors (Lipinski definition) is 6. The number of carbonyl (C=O) groups excluding carboxylic acids is 1. The number of nitrogens with one attached hydrogen (secondary N) is 1. The van der Waals surface area contributed by atoms with Crippen molar-refractivity contribution < 1.29 is 14.3 Å². The zero-order chi connectivity index (χ0) is 23.1. The smallest absolute Gasteiger partial charge is 0.272 e. The van der Waals surface area contributed by atoms with Gasteiger partial charge < -0.3 is 19.7 Å². The first-order chi connectivity index (χ1) is 16.7. The fourth-order valence-electron chi connectivity index (χ4n) is 5.55. The number of benzene rings is 1. The Morgan fingerprint density at radius 3 is 2.82 bits per heavy atom. The summed E-state index contributed by atoms with van der Waals surface area (Å²) in [5.41, 5.74) is 4.21. The molecule has 4 aliphatic rings. The molecule has 0 bridgehead atoms. The molecule has 1 aromatic carbocycles. The van der Waals surface area contributed by atoms with Crippen LogP contribution < -0.4 is 14.8 Å². The van der Waals surface area contributed by atoms with Crippen molar-refractivity contribution in [3.63, 3.8) is 0 Å². The number of rotatable bonds is 8. The van der Waals surface area contributed by atoms with E-state index in [0.717, 1.165) is 88.2 Å². The Labute approximate surface area is 201 Å². The molecule has 1 saturated heterocycles. The van der Waals surface area contributed by atoms with E-state index in [-0.39, 0.29) is 5.91 Å². The van der Waals surface area contributed by atoms with Gasteiger partial charge in [0.15, 0.2) is 17.2 Å². The number of aromatic nitrogens is 2. The van der Waals surface area contributed by atoms with Crippen LogP contribution in [0.5, 0.6) is 11.5 Å². The number of carbonyl (C=O) groups is 1. The minimum Gasteiger partial charge on any atom is -0.454 e. The van der Waals surface area contributed by atoms with E-state index in [0.29, 0.717) is 18.4 Å². The van der Waals surface area contributed by atoms with Gasteiger partial charge >= 0.3 is 0 Å². The van der Waals surface area contributed by atoms with Crippen LogP contribution in [0.3, 0.4) is 0 Å². The predicted molar refractivity (Wildman–Crippen MR) is 128 cm³/mol. The average Bonchev–Trinajstić information content (AvgIpc) is 3.23. The second-order valence-electron chi connectivity index (χ2n) is 10.3. The summed E-state index contributed by atoms with van der Waals surface area (Å²) in [7, 11) is 0. The summed E-state index contributed by atoms with van der Waals surface area (Å²) in [5, 5.41) is 8.09. The number of ether oxygens (including phenoxy) is 2. The molecule has 8 nitrogen and oxygen atoms in total. The molecule has 8 heteroatoms.